The largest absolute Gasteiger partial charge is 0.501 e. The van der Waals surface area contributed by atoms with Crippen LogP contribution < -0.4 is 5.32 Å². The van der Waals surface area contributed by atoms with E-state index in [4.69, 9.17) is 4.74 Å². The van der Waals surface area contributed by atoms with Gasteiger partial charge < -0.3 is 15.2 Å². The number of carboxylic acids is 1. The predicted octanol–water partition coefficient (Wildman–Crippen LogP) is 4.32. The highest BCUT2D eigenvalue weighted by atomic mass is 32.2. The van der Waals surface area contributed by atoms with E-state index in [1.807, 2.05) is 12.2 Å². The lowest BCUT2D eigenvalue weighted by Crippen LogP contribution is -2.45. The Morgan fingerprint density at radius 2 is 2.09 bits per heavy atom. The Morgan fingerprint density at radius 1 is 1.27 bits per heavy atom. The molecule has 5 rings (SSSR count). The van der Waals surface area contributed by atoms with Crippen LogP contribution in [0.3, 0.4) is 0 Å². The highest BCUT2D eigenvalue weighted by molar-refractivity contribution is 8.01. The molecule has 7 nitrogen and oxygen atoms in total. The van der Waals surface area contributed by atoms with Crippen molar-refractivity contribution in [1.29, 1.82) is 0 Å². The lowest BCUT2D eigenvalue weighted by molar-refractivity contribution is -0.149. The average Bonchev–Trinajstić information content (AvgIpc) is 2.83. The molecule has 1 aliphatic carbocycles. The Balaban J connectivity index is 1.27. The third kappa shape index (κ3) is 4.10. The Kier molecular flexibility index (Phi) is 5.82. The zero-order valence-corrected chi connectivity index (χ0v) is 19.9. The summed E-state index contributed by atoms with van der Waals surface area (Å²) < 4.78 is 5.32. The van der Waals surface area contributed by atoms with Gasteiger partial charge in [0.1, 0.15) is 4.87 Å². The van der Waals surface area contributed by atoms with E-state index < -0.39 is 11.4 Å². The fourth-order valence-electron chi connectivity index (χ4n) is 5.23. The number of nitrogens with one attached hydrogen (secondary N) is 1. The molecule has 0 spiro atoms. The van der Waals surface area contributed by atoms with Gasteiger partial charge in [-0.2, -0.15) is 0 Å². The van der Waals surface area contributed by atoms with Crippen molar-refractivity contribution in [2.24, 2.45) is 15.4 Å². The molecule has 0 saturated carbocycles. The van der Waals surface area contributed by atoms with E-state index >= 15 is 0 Å². The van der Waals surface area contributed by atoms with Crippen molar-refractivity contribution >= 4 is 35.8 Å². The minimum atomic E-state index is -0.760. The molecule has 4 aliphatic rings. The van der Waals surface area contributed by atoms with Gasteiger partial charge in [-0.05, 0) is 63.0 Å². The maximum Gasteiger partial charge on any atom is 0.313 e. The van der Waals surface area contributed by atoms with Gasteiger partial charge >= 0.3 is 5.97 Å². The zero-order chi connectivity index (χ0) is 23.1. The van der Waals surface area contributed by atoms with Crippen LogP contribution >= 0.6 is 11.8 Å². The molecule has 2 atom stereocenters. The zero-order valence-electron chi connectivity index (χ0n) is 19.1. The normalized spacial score (nSPS) is 28.1. The lowest BCUT2D eigenvalue weighted by atomic mass is 9.70. The molecular formula is C25H30N4O3S. The van der Waals surface area contributed by atoms with Gasteiger partial charge in [-0.25, -0.2) is 0 Å². The van der Waals surface area contributed by atoms with Gasteiger partial charge in [0.05, 0.1) is 18.3 Å². The number of hydrogen-bond donors (Lipinski definition) is 2. The number of piperidine rings is 1. The number of fused-ring (bicyclic) bond motifs is 2. The number of thioether (sulfide) groups is 1. The average molecular weight is 467 g/mol. The first-order chi connectivity index (χ1) is 15.9. The summed E-state index contributed by atoms with van der Waals surface area (Å²) in [4.78, 5) is 24.8. The molecule has 1 aromatic carbocycles. The van der Waals surface area contributed by atoms with E-state index in [2.05, 4.69) is 45.3 Å². The van der Waals surface area contributed by atoms with E-state index in [9.17, 15) is 9.90 Å². The van der Waals surface area contributed by atoms with Crippen LogP contribution in [0, 0.1) is 5.41 Å². The smallest absolute Gasteiger partial charge is 0.313 e. The first-order valence-corrected chi connectivity index (χ1v) is 12.3. The van der Waals surface area contributed by atoms with Crippen LogP contribution in [0.1, 0.15) is 38.2 Å². The highest BCUT2D eigenvalue weighted by Crippen LogP contribution is 2.47. The van der Waals surface area contributed by atoms with Crippen LogP contribution in [-0.2, 0) is 16.1 Å². The fourth-order valence-corrected chi connectivity index (χ4v) is 6.38. The maximum atomic E-state index is 12.4. The summed E-state index contributed by atoms with van der Waals surface area (Å²) in [5.41, 5.74) is 2.59. The molecule has 0 amide bonds. The minimum Gasteiger partial charge on any atom is -0.501 e. The molecule has 8 heteroatoms. The topological polar surface area (TPSA) is 86.5 Å². The number of nitrogens with zero attached hydrogens (tertiary/aromatic N) is 3. The van der Waals surface area contributed by atoms with Gasteiger partial charge in [-0.15, -0.1) is 0 Å². The quantitative estimate of drug-likeness (QED) is 0.672. The number of aliphatic carboxylic acids is 1. The van der Waals surface area contributed by atoms with Gasteiger partial charge in [0, 0.05) is 36.0 Å². The van der Waals surface area contributed by atoms with Crippen molar-refractivity contribution in [2.75, 3.05) is 25.5 Å². The van der Waals surface area contributed by atoms with E-state index in [1.165, 1.54) is 10.5 Å². The third-order valence-corrected chi connectivity index (χ3v) is 8.62. The number of methoxy groups -OCH3 is 1. The summed E-state index contributed by atoms with van der Waals surface area (Å²) in [5, 5.41) is 13.7. The Morgan fingerprint density at radius 3 is 2.79 bits per heavy atom. The molecule has 33 heavy (non-hydrogen) atoms. The number of carbonyl (C=O) groups is 1. The Labute approximate surface area is 198 Å². The van der Waals surface area contributed by atoms with Crippen LogP contribution in [0.15, 0.2) is 56.6 Å². The molecule has 2 unspecified atom stereocenters. The highest BCUT2D eigenvalue weighted by Gasteiger charge is 2.45. The first kappa shape index (κ1) is 22.2. The van der Waals surface area contributed by atoms with E-state index in [0.717, 1.165) is 49.5 Å². The molecule has 3 aliphatic heterocycles. The summed E-state index contributed by atoms with van der Waals surface area (Å²) in [6.07, 6.45) is 10.2. The van der Waals surface area contributed by atoms with Gasteiger partial charge in [-0.1, -0.05) is 29.5 Å². The fraction of sp³-hybridized carbons (Fsp3) is 0.480. The van der Waals surface area contributed by atoms with Crippen molar-refractivity contribution < 1.29 is 14.6 Å². The van der Waals surface area contributed by atoms with Gasteiger partial charge in [0.2, 0.25) is 0 Å². The Hall–Kier alpha value is -2.58. The summed E-state index contributed by atoms with van der Waals surface area (Å²) >= 11 is 1.75. The third-order valence-electron chi connectivity index (χ3n) is 7.31. The van der Waals surface area contributed by atoms with Crippen LogP contribution in [-0.4, -0.2) is 59.6 Å². The second-order valence-electron chi connectivity index (χ2n) is 9.30. The van der Waals surface area contributed by atoms with Crippen LogP contribution in [0.25, 0.3) is 0 Å². The molecule has 0 radical (unpaired) electrons. The molecule has 2 N–H and O–H groups in total. The summed E-state index contributed by atoms with van der Waals surface area (Å²) in [7, 11) is 1.67. The number of anilines is 1. The predicted molar refractivity (Wildman–Crippen MR) is 132 cm³/mol. The monoisotopic (exact) mass is 466 g/mol. The standard InChI is InChI=1S/C25H30N4O3S/c1-24-22(26-11-12-27-24)28-20-15-17(3-8-21(20)33-24)16-29-13-9-25(10-14-29,23(30)31)18-4-6-19(32-2)7-5-18/h3-4,6,8,11-12,15,22,28H,5,7,9-10,13-14,16H2,1-2H3,(H,30,31). The Bertz CT molecular complexity index is 1070. The van der Waals surface area contributed by atoms with Crippen molar-refractivity contribution in [3.8, 4) is 0 Å². The second kappa shape index (κ2) is 8.65. The van der Waals surface area contributed by atoms with Gasteiger partial charge in [-0.3, -0.25) is 19.7 Å². The summed E-state index contributed by atoms with van der Waals surface area (Å²) in [5.74, 6) is 0.221. The number of likely N-dealkylation sites (tertiary alicyclic amines) is 1. The molecule has 1 saturated heterocycles. The SMILES string of the molecule is COC1=CC=C(C2(C(=O)O)CCN(Cc3ccc4c(c3)NC3N=CC=NC3(C)S4)CC2)CC1. The van der Waals surface area contributed by atoms with E-state index in [-0.39, 0.29) is 11.0 Å². The number of carboxylic acid groups (broad SMARTS) is 1. The summed E-state index contributed by atoms with van der Waals surface area (Å²) in [6.45, 7) is 4.45. The minimum absolute atomic E-state index is 0.0714. The number of hydrogen-bond acceptors (Lipinski definition) is 7. The van der Waals surface area contributed by atoms with Crippen molar-refractivity contribution in [3.63, 3.8) is 0 Å². The molecule has 1 fully saturated rings. The van der Waals surface area contributed by atoms with Crippen LogP contribution in [0.5, 0.6) is 0 Å². The van der Waals surface area contributed by atoms with Gasteiger partial charge in [0.25, 0.3) is 0 Å². The number of aliphatic imine (C=N–C) groups is 2. The van der Waals surface area contributed by atoms with Crippen LogP contribution in [0.4, 0.5) is 5.69 Å². The first-order valence-electron chi connectivity index (χ1n) is 11.5. The molecule has 0 aromatic heterocycles. The summed E-state index contributed by atoms with van der Waals surface area (Å²) in [6, 6.07) is 6.54. The van der Waals surface area contributed by atoms with Crippen molar-refractivity contribution in [1.82, 2.24) is 4.90 Å². The lowest BCUT2D eigenvalue weighted by Gasteiger charge is -2.41. The van der Waals surface area contributed by atoms with Gasteiger partial charge in [0.15, 0.2) is 6.17 Å². The van der Waals surface area contributed by atoms with E-state index in [0.29, 0.717) is 12.8 Å². The molecule has 3 heterocycles. The van der Waals surface area contributed by atoms with E-state index in [1.54, 1.807) is 31.3 Å². The molecule has 0 bridgehead atoms. The second-order valence-corrected chi connectivity index (χ2v) is 10.8. The molecule has 1 aromatic rings. The number of benzene rings is 1. The molecular weight excluding hydrogens is 436 g/mol. The van der Waals surface area contributed by atoms with Crippen molar-refractivity contribution in [3.05, 3.63) is 47.2 Å². The maximum absolute atomic E-state index is 12.4. The number of rotatable bonds is 5. The number of ether oxygens (including phenoxy) is 1. The number of allylic oxidation sites excluding steroid dienone is 3. The molecule has 174 valence electrons. The van der Waals surface area contributed by atoms with Crippen LogP contribution in [0.2, 0.25) is 0 Å². The van der Waals surface area contributed by atoms with Crippen molar-refractivity contribution in [2.45, 2.75) is 55.1 Å².